The van der Waals surface area contributed by atoms with E-state index in [2.05, 4.69) is 10.3 Å². The van der Waals surface area contributed by atoms with Crippen LogP contribution in [-0.4, -0.2) is 16.1 Å². The molecule has 5 heteroatoms. The molecular weight excluding hydrogens is 253 g/mol. The standard InChI is InChI=1S/C13H15ClFN3/c1-3-16-12(13-17-6-7-18(13)2)10-5-4-9(14)8-11(10)15/h4-8,12,16H,3H2,1-2H3. The van der Waals surface area contributed by atoms with Gasteiger partial charge in [0.25, 0.3) is 0 Å². The molecule has 2 rings (SSSR count). The summed E-state index contributed by atoms with van der Waals surface area (Å²) in [7, 11) is 1.89. The van der Waals surface area contributed by atoms with Gasteiger partial charge in [0.1, 0.15) is 11.6 Å². The number of benzene rings is 1. The zero-order chi connectivity index (χ0) is 13.1. The third-order valence-corrected chi connectivity index (χ3v) is 3.03. The highest BCUT2D eigenvalue weighted by atomic mass is 35.5. The largest absolute Gasteiger partial charge is 0.336 e. The van der Waals surface area contributed by atoms with Gasteiger partial charge in [-0.1, -0.05) is 24.6 Å². The summed E-state index contributed by atoms with van der Waals surface area (Å²) in [5.41, 5.74) is 0.551. The second-order valence-corrected chi connectivity index (χ2v) is 4.49. The van der Waals surface area contributed by atoms with Crippen molar-refractivity contribution in [2.24, 2.45) is 7.05 Å². The number of halogens is 2. The monoisotopic (exact) mass is 267 g/mol. The highest BCUT2D eigenvalue weighted by Crippen LogP contribution is 2.25. The zero-order valence-electron chi connectivity index (χ0n) is 10.3. The molecule has 0 aliphatic rings. The third-order valence-electron chi connectivity index (χ3n) is 2.80. The zero-order valence-corrected chi connectivity index (χ0v) is 11.1. The lowest BCUT2D eigenvalue weighted by Gasteiger charge is -2.18. The van der Waals surface area contributed by atoms with Crippen LogP contribution in [0.15, 0.2) is 30.6 Å². The lowest BCUT2D eigenvalue weighted by molar-refractivity contribution is 0.532. The van der Waals surface area contributed by atoms with E-state index in [9.17, 15) is 4.39 Å². The Hall–Kier alpha value is -1.39. The van der Waals surface area contributed by atoms with Crippen LogP contribution in [0.3, 0.4) is 0 Å². The first-order chi connectivity index (χ1) is 8.63. The number of rotatable bonds is 4. The first-order valence-electron chi connectivity index (χ1n) is 5.79. The predicted octanol–water partition coefficient (Wildman–Crippen LogP) is 2.91. The average molecular weight is 268 g/mol. The summed E-state index contributed by atoms with van der Waals surface area (Å²) in [6, 6.07) is 4.43. The van der Waals surface area contributed by atoms with E-state index >= 15 is 0 Å². The van der Waals surface area contributed by atoms with Crippen LogP contribution in [0.1, 0.15) is 24.4 Å². The first kappa shape index (κ1) is 13.1. The Kier molecular flexibility index (Phi) is 3.99. The van der Waals surface area contributed by atoms with Crippen molar-refractivity contribution in [3.8, 4) is 0 Å². The minimum absolute atomic E-state index is 0.271. The molecule has 0 aliphatic heterocycles. The molecule has 1 heterocycles. The Bertz CT molecular complexity index is 539. The minimum atomic E-state index is -0.323. The number of imidazole rings is 1. The molecule has 0 aliphatic carbocycles. The van der Waals surface area contributed by atoms with Crippen LogP contribution >= 0.6 is 11.6 Å². The van der Waals surface area contributed by atoms with Crippen LogP contribution in [0.2, 0.25) is 5.02 Å². The van der Waals surface area contributed by atoms with Gasteiger partial charge < -0.3 is 9.88 Å². The fraction of sp³-hybridized carbons (Fsp3) is 0.308. The smallest absolute Gasteiger partial charge is 0.130 e. The molecule has 0 spiro atoms. The van der Waals surface area contributed by atoms with E-state index in [0.29, 0.717) is 10.6 Å². The summed E-state index contributed by atoms with van der Waals surface area (Å²) in [5, 5.41) is 3.63. The van der Waals surface area contributed by atoms with Crippen LogP contribution in [0.25, 0.3) is 0 Å². The Morgan fingerprint density at radius 1 is 1.50 bits per heavy atom. The van der Waals surface area contributed by atoms with Gasteiger partial charge in [-0.3, -0.25) is 0 Å². The topological polar surface area (TPSA) is 29.9 Å². The van der Waals surface area contributed by atoms with E-state index < -0.39 is 0 Å². The Morgan fingerprint density at radius 2 is 2.28 bits per heavy atom. The van der Waals surface area contributed by atoms with E-state index in [4.69, 9.17) is 11.6 Å². The van der Waals surface area contributed by atoms with Crippen molar-refractivity contribution in [3.63, 3.8) is 0 Å². The molecule has 0 bridgehead atoms. The number of nitrogens with one attached hydrogen (secondary N) is 1. The van der Waals surface area contributed by atoms with Gasteiger partial charge in [0.2, 0.25) is 0 Å². The quantitative estimate of drug-likeness (QED) is 0.923. The summed E-state index contributed by atoms with van der Waals surface area (Å²) >= 11 is 5.77. The normalized spacial score (nSPS) is 12.7. The van der Waals surface area contributed by atoms with Gasteiger partial charge in [-0.15, -0.1) is 0 Å². The van der Waals surface area contributed by atoms with Crippen LogP contribution in [-0.2, 0) is 7.05 Å². The predicted molar refractivity (Wildman–Crippen MR) is 70.1 cm³/mol. The van der Waals surface area contributed by atoms with Gasteiger partial charge in [0, 0.05) is 30.0 Å². The molecule has 0 saturated carbocycles. The maximum Gasteiger partial charge on any atom is 0.130 e. The molecule has 2 aromatic rings. The molecule has 1 aromatic carbocycles. The summed E-state index contributed by atoms with van der Waals surface area (Å²) < 4.78 is 15.9. The van der Waals surface area contributed by atoms with Crippen LogP contribution in [0, 0.1) is 5.82 Å². The van der Waals surface area contributed by atoms with Gasteiger partial charge in [-0.2, -0.15) is 0 Å². The molecule has 0 fully saturated rings. The Morgan fingerprint density at radius 3 is 2.83 bits per heavy atom. The summed E-state index contributed by atoms with van der Waals surface area (Å²) in [4.78, 5) is 4.28. The van der Waals surface area contributed by atoms with Crippen molar-refractivity contribution in [1.29, 1.82) is 0 Å². The van der Waals surface area contributed by atoms with E-state index in [-0.39, 0.29) is 11.9 Å². The van der Waals surface area contributed by atoms with Crippen molar-refractivity contribution in [3.05, 3.63) is 52.8 Å². The molecule has 1 N–H and O–H groups in total. The number of aromatic nitrogens is 2. The minimum Gasteiger partial charge on any atom is -0.336 e. The van der Waals surface area contributed by atoms with E-state index in [1.807, 2.05) is 24.7 Å². The second-order valence-electron chi connectivity index (χ2n) is 4.05. The van der Waals surface area contributed by atoms with Crippen molar-refractivity contribution in [2.45, 2.75) is 13.0 Å². The van der Waals surface area contributed by atoms with E-state index in [1.54, 1.807) is 18.3 Å². The lowest BCUT2D eigenvalue weighted by atomic mass is 10.1. The molecule has 0 radical (unpaired) electrons. The molecule has 3 nitrogen and oxygen atoms in total. The fourth-order valence-electron chi connectivity index (χ4n) is 1.94. The molecule has 0 saturated heterocycles. The Balaban J connectivity index is 2.45. The van der Waals surface area contributed by atoms with Crippen LogP contribution < -0.4 is 5.32 Å². The van der Waals surface area contributed by atoms with Crippen molar-refractivity contribution in [2.75, 3.05) is 6.54 Å². The summed E-state index contributed by atoms with van der Waals surface area (Å²) in [6.45, 7) is 2.70. The molecule has 1 unspecified atom stereocenters. The fourth-order valence-corrected chi connectivity index (χ4v) is 2.09. The average Bonchev–Trinajstić information content (AvgIpc) is 2.73. The van der Waals surface area contributed by atoms with Gasteiger partial charge in [0.15, 0.2) is 0 Å². The van der Waals surface area contributed by atoms with Crippen LogP contribution in [0.4, 0.5) is 4.39 Å². The molecule has 1 atom stereocenters. The first-order valence-corrected chi connectivity index (χ1v) is 6.16. The van der Waals surface area contributed by atoms with Crippen molar-refractivity contribution < 1.29 is 4.39 Å². The van der Waals surface area contributed by atoms with Gasteiger partial charge in [-0.25, -0.2) is 9.37 Å². The lowest BCUT2D eigenvalue weighted by Crippen LogP contribution is -2.25. The van der Waals surface area contributed by atoms with E-state index in [0.717, 1.165) is 12.4 Å². The highest BCUT2D eigenvalue weighted by molar-refractivity contribution is 6.30. The van der Waals surface area contributed by atoms with Gasteiger partial charge in [0.05, 0.1) is 6.04 Å². The van der Waals surface area contributed by atoms with Crippen molar-refractivity contribution in [1.82, 2.24) is 14.9 Å². The van der Waals surface area contributed by atoms with E-state index in [1.165, 1.54) is 6.07 Å². The second kappa shape index (κ2) is 5.50. The third kappa shape index (κ3) is 2.54. The Labute approximate surface area is 111 Å². The highest BCUT2D eigenvalue weighted by Gasteiger charge is 2.20. The number of hydrogen-bond donors (Lipinski definition) is 1. The summed E-state index contributed by atoms with van der Waals surface area (Å²) in [6.07, 6.45) is 3.54. The van der Waals surface area contributed by atoms with Gasteiger partial charge in [-0.05, 0) is 18.7 Å². The number of hydrogen-bond acceptors (Lipinski definition) is 2. The molecule has 0 amide bonds. The summed E-state index contributed by atoms with van der Waals surface area (Å²) in [5.74, 6) is 0.453. The SMILES string of the molecule is CCNC(c1ccc(Cl)cc1F)c1nccn1C. The van der Waals surface area contributed by atoms with Crippen LogP contribution in [0.5, 0.6) is 0 Å². The molecule has 96 valence electrons. The maximum absolute atomic E-state index is 14.0. The van der Waals surface area contributed by atoms with Gasteiger partial charge >= 0.3 is 0 Å². The van der Waals surface area contributed by atoms with Crippen molar-refractivity contribution >= 4 is 11.6 Å². The molecule has 18 heavy (non-hydrogen) atoms. The molecule has 1 aromatic heterocycles. The number of aryl methyl sites for hydroxylation is 1. The maximum atomic E-state index is 14.0. The number of nitrogens with zero attached hydrogens (tertiary/aromatic N) is 2. The molecular formula is C13H15ClFN3.